The summed E-state index contributed by atoms with van der Waals surface area (Å²) in [5.74, 6) is 0.200. The Morgan fingerprint density at radius 2 is 0.868 bits per heavy atom. The quantitative estimate of drug-likeness (QED) is 0.131. The number of hydrogen-bond donors (Lipinski definition) is 0. The zero-order chi connectivity index (χ0) is 26.4. The molecule has 0 N–H and O–H groups in total. The van der Waals surface area contributed by atoms with Gasteiger partial charge in [-0.25, -0.2) is 9.59 Å². The molecule has 0 heterocycles. The highest BCUT2D eigenvalue weighted by atomic mass is 16.7. The van der Waals surface area contributed by atoms with Gasteiger partial charge in [0.25, 0.3) is 0 Å². The Balaban J connectivity index is 1.18. The first-order valence-electron chi connectivity index (χ1n) is 11.9. The van der Waals surface area contributed by atoms with Crippen molar-refractivity contribution in [1.29, 1.82) is 0 Å². The van der Waals surface area contributed by atoms with Gasteiger partial charge in [-0.15, -0.1) is 0 Å². The third-order valence-electron chi connectivity index (χ3n) is 5.32. The molecule has 0 unspecified atom stereocenters. The Morgan fingerprint density at radius 1 is 0.500 bits per heavy atom. The molecule has 0 atom stereocenters. The molecule has 0 bridgehead atoms. The van der Waals surface area contributed by atoms with Crippen LogP contribution in [0.1, 0.15) is 11.1 Å². The molecule has 0 spiro atoms. The highest BCUT2D eigenvalue weighted by Gasteiger charge is 2.03. The standard InChI is InChI=1S/C32H26O6/c33-31(21-11-25-7-3-1-4-8-25)37-23-35-29-17-13-27(14-18-29)28-15-19-30(20-16-28)36-24-38-32(34)22-12-26-9-5-2-6-10-26/h1-22H,23-24H2. The van der Waals surface area contributed by atoms with Gasteiger partial charge in [0.15, 0.2) is 0 Å². The maximum atomic E-state index is 11.8. The van der Waals surface area contributed by atoms with Crippen molar-refractivity contribution in [3.63, 3.8) is 0 Å². The summed E-state index contributed by atoms with van der Waals surface area (Å²) >= 11 is 0. The van der Waals surface area contributed by atoms with Gasteiger partial charge in [0.05, 0.1) is 0 Å². The summed E-state index contributed by atoms with van der Waals surface area (Å²) < 4.78 is 21.2. The van der Waals surface area contributed by atoms with Crippen molar-refractivity contribution in [1.82, 2.24) is 0 Å². The minimum absolute atomic E-state index is 0.185. The summed E-state index contributed by atoms with van der Waals surface area (Å²) in [6.45, 7) is -0.369. The van der Waals surface area contributed by atoms with Crippen molar-refractivity contribution >= 4 is 24.1 Å². The fourth-order valence-electron chi connectivity index (χ4n) is 3.35. The molecule has 4 aromatic carbocycles. The zero-order valence-electron chi connectivity index (χ0n) is 20.6. The largest absolute Gasteiger partial charge is 0.457 e. The number of carbonyl (C=O) groups is 2. The molecule has 0 aliphatic carbocycles. The molecule has 0 saturated heterocycles. The number of benzene rings is 4. The number of esters is 2. The molecule has 0 fully saturated rings. The van der Waals surface area contributed by atoms with Crippen LogP contribution in [0, 0.1) is 0 Å². The summed E-state index contributed by atoms with van der Waals surface area (Å²) in [4.78, 5) is 23.7. The minimum Gasteiger partial charge on any atom is -0.457 e. The summed E-state index contributed by atoms with van der Waals surface area (Å²) in [6.07, 6.45) is 6.10. The smallest absolute Gasteiger partial charge is 0.333 e. The highest BCUT2D eigenvalue weighted by Crippen LogP contribution is 2.24. The lowest BCUT2D eigenvalue weighted by Gasteiger charge is -2.09. The Bertz CT molecular complexity index is 1250. The summed E-state index contributed by atoms with van der Waals surface area (Å²) in [6, 6.07) is 33.8. The van der Waals surface area contributed by atoms with E-state index in [-0.39, 0.29) is 13.6 Å². The van der Waals surface area contributed by atoms with E-state index in [0.717, 1.165) is 22.3 Å². The van der Waals surface area contributed by atoms with Crippen molar-refractivity contribution in [2.45, 2.75) is 0 Å². The fraction of sp³-hybridized carbons (Fsp3) is 0.0625. The molecule has 0 aromatic heterocycles. The first-order chi connectivity index (χ1) is 18.7. The van der Waals surface area contributed by atoms with E-state index in [9.17, 15) is 9.59 Å². The lowest BCUT2D eigenvalue weighted by molar-refractivity contribution is -0.145. The number of ether oxygens (including phenoxy) is 4. The van der Waals surface area contributed by atoms with Gasteiger partial charge in [-0.2, -0.15) is 0 Å². The maximum Gasteiger partial charge on any atom is 0.333 e. The third-order valence-corrected chi connectivity index (χ3v) is 5.32. The third kappa shape index (κ3) is 8.53. The van der Waals surface area contributed by atoms with Crippen LogP contribution in [-0.2, 0) is 19.1 Å². The Hall–Kier alpha value is -5.10. The average Bonchev–Trinajstić information content (AvgIpc) is 2.97. The van der Waals surface area contributed by atoms with E-state index in [1.807, 2.05) is 84.9 Å². The maximum absolute atomic E-state index is 11.8. The van der Waals surface area contributed by atoms with Gasteiger partial charge >= 0.3 is 11.9 Å². The van der Waals surface area contributed by atoms with Crippen LogP contribution < -0.4 is 9.47 Å². The van der Waals surface area contributed by atoms with E-state index >= 15 is 0 Å². The lowest BCUT2D eigenvalue weighted by atomic mass is 10.1. The Morgan fingerprint density at radius 3 is 1.24 bits per heavy atom. The molecule has 6 heteroatoms. The van der Waals surface area contributed by atoms with Crippen LogP contribution in [0.5, 0.6) is 11.5 Å². The molecule has 0 aliphatic rings. The van der Waals surface area contributed by atoms with Crippen LogP contribution >= 0.6 is 0 Å². The number of hydrogen-bond acceptors (Lipinski definition) is 6. The second-order valence-electron chi connectivity index (χ2n) is 7.99. The van der Waals surface area contributed by atoms with Gasteiger partial charge in [-0.1, -0.05) is 84.9 Å². The van der Waals surface area contributed by atoms with Crippen molar-refractivity contribution in [3.8, 4) is 22.6 Å². The second kappa shape index (κ2) is 13.8. The first-order valence-corrected chi connectivity index (χ1v) is 11.9. The summed E-state index contributed by atoms with van der Waals surface area (Å²) in [7, 11) is 0. The van der Waals surface area contributed by atoms with E-state index in [1.54, 1.807) is 36.4 Å². The molecule has 6 nitrogen and oxygen atoms in total. The summed E-state index contributed by atoms with van der Waals surface area (Å²) in [5.41, 5.74) is 3.78. The molecule has 190 valence electrons. The van der Waals surface area contributed by atoms with Crippen molar-refractivity contribution < 1.29 is 28.5 Å². The van der Waals surface area contributed by atoms with Crippen LogP contribution in [0.3, 0.4) is 0 Å². The molecule has 0 saturated carbocycles. The van der Waals surface area contributed by atoms with Gasteiger partial charge < -0.3 is 18.9 Å². The van der Waals surface area contributed by atoms with Crippen molar-refractivity contribution in [3.05, 3.63) is 132 Å². The van der Waals surface area contributed by atoms with Crippen molar-refractivity contribution in [2.24, 2.45) is 0 Å². The van der Waals surface area contributed by atoms with E-state index in [0.29, 0.717) is 11.5 Å². The van der Waals surface area contributed by atoms with E-state index in [1.165, 1.54) is 12.2 Å². The molecule has 4 rings (SSSR count). The Kier molecular flexibility index (Phi) is 9.47. The van der Waals surface area contributed by atoms with Crippen LogP contribution in [0.4, 0.5) is 0 Å². The van der Waals surface area contributed by atoms with E-state index in [4.69, 9.17) is 18.9 Å². The van der Waals surface area contributed by atoms with Crippen LogP contribution in [0.2, 0.25) is 0 Å². The molecule has 4 aromatic rings. The lowest BCUT2D eigenvalue weighted by Crippen LogP contribution is -2.08. The number of carbonyl (C=O) groups excluding carboxylic acids is 2. The zero-order valence-corrected chi connectivity index (χ0v) is 20.6. The first kappa shape index (κ1) is 26.0. The topological polar surface area (TPSA) is 71.1 Å². The summed E-state index contributed by atoms with van der Waals surface area (Å²) in [5, 5.41) is 0. The van der Waals surface area contributed by atoms with Gasteiger partial charge in [0.2, 0.25) is 13.6 Å². The van der Waals surface area contributed by atoms with Gasteiger partial charge in [-0.3, -0.25) is 0 Å². The minimum atomic E-state index is -0.480. The van der Waals surface area contributed by atoms with Gasteiger partial charge in [0.1, 0.15) is 11.5 Å². The van der Waals surface area contributed by atoms with E-state index in [2.05, 4.69) is 0 Å². The SMILES string of the molecule is O=C(C=Cc1ccccc1)OCOc1ccc(-c2ccc(OCOC(=O)C=Cc3ccccc3)cc2)cc1. The Labute approximate surface area is 221 Å². The van der Waals surface area contributed by atoms with Crippen LogP contribution in [0.25, 0.3) is 23.3 Å². The number of rotatable bonds is 11. The van der Waals surface area contributed by atoms with Crippen molar-refractivity contribution in [2.75, 3.05) is 13.6 Å². The monoisotopic (exact) mass is 506 g/mol. The molecular formula is C32H26O6. The van der Waals surface area contributed by atoms with E-state index < -0.39 is 11.9 Å². The molecule has 38 heavy (non-hydrogen) atoms. The predicted octanol–water partition coefficient (Wildman–Crippen LogP) is 6.54. The molecule has 0 amide bonds. The van der Waals surface area contributed by atoms with Gasteiger partial charge in [-0.05, 0) is 58.7 Å². The predicted molar refractivity (Wildman–Crippen MR) is 146 cm³/mol. The molecule has 0 radical (unpaired) electrons. The second-order valence-corrected chi connectivity index (χ2v) is 7.99. The molecule has 0 aliphatic heterocycles. The molecular weight excluding hydrogens is 480 g/mol. The average molecular weight is 507 g/mol. The highest BCUT2D eigenvalue weighted by molar-refractivity contribution is 5.87. The normalized spacial score (nSPS) is 10.8. The fourth-order valence-corrected chi connectivity index (χ4v) is 3.35. The van der Waals surface area contributed by atoms with Crippen LogP contribution in [0.15, 0.2) is 121 Å². The van der Waals surface area contributed by atoms with Crippen LogP contribution in [-0.4, -0.2) is 25.5 Å². The van der Waals surface area contributed by atoms with Gasteiger partial charge in [0, 0.05) is 12.2 Å².